The van der Waals surface area contributed by atoms with Crippen LogP contribution >= 0.6 is 23.6 Å². The molecule has 0 radical (unpaired) electrons. The van der Waals surface area contributed by atoms with E-state index < -0.39 is 0 Å². The maximum atomic E-state index is 11.7. The molecule has 3 N–H and O–H groups in total. The van der Waals surface area contributed by atoms with E-state index in [-0.39, 0.29) is 5.91 Å². The number of thiophene rings is 1. The lowest BCUT2D eigenvalue weighted by Crippen LogP contribution is -2.52. The van der Waals surface area contributed by atoms with Crippen LogP contribution in [0.1, 0.15) is 38.0 Å². The Balaban J connectivity index is 1.72. The molecule has 120 valence electrons. The third-order valence-electron chi connectivity index (χ3n) is 4.26. The zero-order valence-electron chi connectivity index (χ0n) is 13.0. The molecule has 3 atom stereocenters. The van der Waals surface area contributed by atoms with Gasteiger partial charge in [-0.1, -0.05) is 32.8 Å². The van der Waals surface area contributed by atoms with Gasteiger partial charge in [0.1, 0.15) is 0 Å². The maximum absolute atomic E-state index is 11.7. The van der Waals surface area contributed by atoms with Crippen molar-refractivity contribution in [2.45, 2.75) is 39.2 Å². The molecule has 1 aliphatic carbocycles. The number of hydrogen-bond acceptors (Lipinski definition) is 3. The van der Waals surface area contributed by atoms with Gasteiger partial charge in [-0.25, -0.2) is 0 Å². The van der Waals surface area contributed by atoms with E-state index in [4.69, 9.17) is 12.2 Å². The predicted molar refractivity (Wildman–Crippen MR) is 96.3 cm³/mol. The highest BCUT2D eigenvalue weighted by Crippen LogP contribution is 2.29. The summed E-state index contributed by atoms with van der Waals surface area (Å²) >= 11 is 6.84. The zero-order chi connectivity index (χ0) is 15.9. The highest BCUT2D eigenvalue weighted by atomic mass is 32.1. The molecule has 1 fully saturated rings. The molecule has 2 rings (SSSR count). The summed E-state index contributed by atoms with van der Waals surface area (Å²) in [7, 11) is 0. The highest BCUT2D eigenvalue weighted by Gasteiger charge is 2.27. The lowest BCUT2D eigenvalue weighted by atomic mass is 9.78. The van der Waals surface area contributed by atoms with E-state index in [1.165, 1.54) is 18.9 Å². The van der Waals surface area contributed by atoms with Crippen molar-refractivity contribution in [1.29, 1.82) is 0 Å². The summed E-state index contributed by atoms with van der Waals surface area (Å²) < 4.78 is 0. The highest BCUT2D eigenvalue weighted by molar-refractivity contribution is 7.80. The van der Waals surface area contributed by atoms with Crippen LogP contribution < -0.4 is 16.2 Å². The van der Waals surface area contributed by atoms with Crippen LogP contribution in [-0.2, 0) is 4.79 Å². The molecule has 1 aromatic rings. The smallest absolute Gasteiger partial charge is 0.262 e. The van der Waals surface area contributed by atoms with E-state index in [1.807, 2.05) is 17.5 Å². The molecule has 1 heterocycles. The van der Waals surface area contributed by atoms with Crippen molar-refractivity contribution in [3.8, 4) is 0 Å². The number of thiocarbonyl (C=S) groups is 1. The van der Waals surface area contributed by atoms with E-state index in [0.29, 0.717) is 23.0 Å². The lowest BCUT2D eigenvalue weighted by Gasteiger charge is -2.35. The van der Waals surface area contributed by atoms with Crippen LogP contribution in [0.2, 0.25) is 0 Å². The number of nitrogens with one attached hydrogen (secondary N) is 3. The van der Waals surface area contributed by atoms with Gasteiger partial charge >= 0.3 is 0 Å². The van der Waals surface area contributed by atoms with Crippen LogP contribution in [0.5, 0.6) is 0 Å². The van der Waals surface area contributed by atoms with Crippen molar-refractivity contribution in [1.82, 2.24) is 16.2 Å². The van der Waals surface area contributed by atoms with Crippen LogP contribution in [0.3, 0.4) is 0 Å². The van der Waals surface area contributed by atoms with E-state index in [9.17, 15) is 4.79 Å². The number of rotatable bonds is 3. The molecule has 1 aromatic heterocycles. The van der Waals surface area contributed by atoms with E-state index in [1.54, 1.807) is 17.4 Å². The molecular formula is C16H23N3OS2. The van der Waals surface area contributed by atoms with Gasteiger partial charge in [0.25, 0.3) is 5.91 Å². The van der Waals surface area contributed by atoms with Crippen molar-refractivity contribution in [2.24, 2.45) is 11.8 Å². The van der Waals surface area contributed by atoms with Gasteiger partial charge in [0.2, 0.25) is 0 Å². The van der Waals surface area contributed by atoms with Crippen LogP contribution in [0.25, 0.3) is 6.08 Å². The first-order valence-corrected chi connectivity index (χ1v) is 8.93. The summed E-state index contributed by atoms with van der Waals surface area (Å²) in [6.07, 6.45) is 6.90. The second-order valence-corrected chi connectivity index (χ2v) is 7.20. The van der Waals surface area contributed by atoms with Gasteiger partial charge in [0, 0.05) is 17.0 Å². The minimum Gasteiger partial charge on any atom is -0.358 e. The van der Waals surface area contributed by atoms with Crippen molar-refractivity contribution in [3.63, 3.8) is 0 Å². The Bertz CT molecular complexity index is 528. The molecule has 4 nitrogen and oxygen atoms in total. The van der Waals surface area contributed by atoms with Gasteiger partial charge in [-0.3, -0.25) is 15.6 Å². The fourth-order valence-electron chi connectivity index (χ4n) is 2.69. The second kappa shape index (κ2) is 8.29. The normalized spacial score (nSPS) is 24.9. The summed E-state index contributed by atoms with van der Waals surface area (Å²) in [5, 5.41) is 5.76. The second-order valence-electron chi connectivity index (χ2n) is 5.81. The van der Waals surface area contributed by atoms with E-state index >= 15 is 0 Å². The lowest BCUT2D eigenvalue weighted by molar-refractivity contribution is -0.116. The number of hydrogen-bond donors (Lipinski definition) is 3. The predicted octanol–water partition coefficient (Wildman–Crippen LogP) is 3.08. The van der Waals surface area contributed by atoms with E-state index in [2.05, 4.69) is 30.0 Å². The molecule has 0 saturated heterocycles. The standard InChI is InChI=1S/C16H23N3OS2/c1-11-5-3-7-14(12(11)2)17-16(21)19-18-15(20)9-8-13-6-4-10-22-13/h4,6,8-12,14H,3,5,7H2,1-2H3,(H,18,20)(H2,17,19,21)/b9-8+/t11-,12-,14-/m1/s1. The van der Waals surface area contributed by atoms with Crippen LogP contribution in [0, 0.1) is 11.8 Å². The first-order chi connectivity index (χ1) is 10.6. The minimum atomic E-state index is -0.220. The van der Waals surface area contributed by atoms with Crippen LogP contribution in [-0.4, -0.2) is 17.1 Å². The number of carbonyl (C=O) groups is 1. The third kappa shape index (κ3) is 5.10. The summed E-state index contributed by atoms with van der Waals surface area (Å²) in [5.74, 6) is 1.07. The van der Waals surface area contributed by atoms with Crippen molar-refractivity contribution in [3.05, 3.63) is 28.5 Å². The van der Waals surface area contributed by atoms with Gasteiger partial charge in [-0.2, -0.15) is 0 Å². The van der Waals surface area contributed by atoms with Gasteiger partial charge in [-0.15, -0.1) is 11.3 Å². The number of hydrazine groups is 1. The molecule has 1 aliphatic rings. The Morgan fingerprint density at radius 2 is 2.18 bits per heavy atom. The largest absolute Gasteiger partial charge is 0.358 e. The summed E-state index contributed by atoms with van der Waals surface area (Å²) in [6.45, 7) is 4.54. The Labute approximate surface area is 141 Å². The SMILES string of the molecule is C[C@@H]1[C@H](C)CCC[C@H]1NC(=S)NNC(=O)/C=C/c1cccs1. The maximum Gasteiger partial charge on any atom is 0.262 e. The summed E-state index contributed by atoms with van der Waals surface area (Å²) in [6, 6.07) is 4.29. The minimum absolute atomic E-state index is 0.220. The number of amides is 1. The van der Waals surface area contributed by atoms with Crippen molar-refractivity contribution in [2.75, 3.05) is 0 Å². The van der Waals surface area contributed by atoms with Gasteiger partial charge in [0.15, 0.2) is 5.11 Å². The van der Waals surface area contributed by atoms with Crippen LogP contribution in [0.15, 0.2) is 23.6 Å². The molecule has 6 heteroatoms. The Morgan fingerprint density at radius 1 is 1.36 bits per heavy atom. The van der Waals surface area contributed by atoms with Gasteiger partial charge < -0.3 is 5.32 Å². The molecule has 1 saturated carbocycles. The first-order valence-electron chi connectivity index (χ1n) is 7.64. The van der Waals surface area contributed by atoms with Gasteiger partial charge in [-0.05, 0) is 48.0 Å². The summed E-state index contributed by atoms with van der Waals surface area (Å²) in [5.41, 5.74) is 5.35. The fraction of sp³-hybridized carbons (Fsp3) is 0.500. The molecule has 0 aliphatic heterocycles. The Hall–Kier alpha value is -1.40. The number of carbonyl (C=O) groups excluding carboxylic acids is 1. The molecule has 0 bridgehead atoms. The first kappa shape index (κ1) is 17.0. The van der Waals surface area contributed by atoms with Crippen LogP contribution in [0.4, 0.5) is 0 Å². The average Bonchev–Trinajstić information content (AvgIpc) is 3.01. The Kier molecular flexibility index (Phi) is 6.39. The quantitative estimate of drug-likeness (QED) is 0.451. The zero-order valence-corrected chi connectivity index (χ0v) is 14.6. The molecule has 1 amide bonds. The third-order valence-corrected chi connectivity index (χ3v) is 5.32. The Morgan fingerprint density at radius 3 is 2.91 bits per heavy atom. The monoisotopic (exact) mass is 337 g/mol. The molecule has 0 aromatic carbocycles. The average molecular weight is 338 g/mol. The van der Waals surface area contributed by atoms with Gasteiger partial charge in [0.05, 0.1) is 0 Å². The topological polar surface area (TPSA) is 53.2 Å². The van der Waals surface area contributed by atoms with Crippen molar-refractivity contribution < 1.29 is 4.79 Å². The molecule has 22 heavy (non-hydrogen) atoms. The van der Waals surface area contributed by atoms with E-state index in [0.717, 1.165) is 11.3 Å². The molecule has 0 spiro atoms. The molecular weight excluding hydrogens is 314 g/mol. The van der Waals surface area contributed by atoms with Crippen molar-refractivity contribution >= 4 is 40.7 Å². The molecule has 0 unspecified atom stereocenters. The summed E-state index contributed by atoms with van der Waals surface area (Å²) in [4.78, 5) is 12.8. The fourth-order valence-corrected chi connectivity index (χ4v) is 3.51.